The summed E-state index contributed by atoms with van der Waals surface area (Å²) in [6, 6.07) is 8.84. The minimum absolute atomic E-state index is 0.0718. The maximum atomic E-state index is 12.5. The van der Waals surface area contributed by atoms with Gasteiger partial charge in [0.15, 0.2) is 0 Å². The van der Waals surface area contributed by atoms with Crippen LogP contribution in [-0.2, 0) is 4.79 Å². The fraction of sp³-hybridized carbons (Fsp3) is 0.667. The lowest BCUT2D eigenvalue weighted by Gasteiger charge is -2.32. The molecule has 2 aliphatic heterocycles. The summed E-state index contributed by atoms with van der Waals surface area (Å²) in [6.07, 6.45) is 4.51. The van der Waals surface area contributed by atoms with Crippen LogP contribution in [0.2, 0.25) is 0 Å². The molecule has 2 aliphatic rings. The van der Waals surface area contributed by atoms with E-state index in [4.69, 9.17) is 0 Å². The van der Waals surface area contributed by atoms with Crippen molar-refractivity contribution in [3.8, 4) is 0 Å². The van der Waals surface area contributed by atoms with Gasteiger partial charge in [-0.3, -0.25) is 4.79 Å². The summed E-state index contributed by atoms with van der Waals surface area (Å²) in [5.41, 5.74) is 2.50. The molecule has 0 bridgehead atoms. The maximum Gasteiger partial charge on any atom is 0.223 e. The molecule has 0 aliphatic carbocycles. The number of benzene rings is 1. The third kappa shape index (κ3) is 4.75. The second-order valence-corrected chi connectivity index (χ2v) is 8.07. The summed E-state index contributed by atoms with van der Waals surface area (Å²) in [6.45, 7) is 8.79. The van der Waals surface area contributed by atoms with Crippen LogP contribution in [0.1, 0.15) is 51.1 Å². The SMILES string of the molecule is CC1CCN(c2ccc(C(C)NC(=O)C3CCN(C)CC3)cc2)CC1. The second kappa shape index (κ2) is 8.22. The average molecular weight is 344 g/mol. The largest absolute Gasteiger partial charge is 0.372 e. The number of carbonyl (C=O) groups is 1. The standard InChI is InChI=1S/C21H33N3O/c1-16-8-14-24(15-9-16)20-6-4-18(5-7-20)17(2)22-21(25)19-10-12-23(3)13-11-19/h4-7,16-17,19H,8-15H2,1-3H3,(H,22,25). The Balaban J connectivity index is 1.53. The molecule has 0 spiro atoms. The van der Waals surface area contributed by atoms with Gasteiger partial charge in [0.25, 0.3) is 0 Å². The van der Waals surface area contributed by atoms with E-state index >= 15 is 0 Å². The molecular weight excluding hydrogens is 310 g/mol. The van der Waals surface area contributed by atoms with Gasteiger partial charge in [0, 0.05) is 24.7 Å². The van der Waals surface area contributed by atoms with Crippen molar-refractivity contribution in [1.82, 2.24) is 10.2 Å². The van der Waals surface area contributed by atoms with Gasteiger partial charge in [0.2, 0.25) is 5.91 Å². The first-order chi connectivity index (χ1) is 12.0. The Hall–Kier alpha value is -1.55. The van der Waals surface area contributed by atoms with E-state index in [0.29, 0.717) is 0 Å². The van der Waals surface area contributed by atoms with Crippen LogP contribution >= 0.6 is 0 Å². The molecule has 3 rings (SSSR count). The summed E-state index contributed by atoms with van der Waals surface area (Å²) >= 11 is 0. The third-order valence-corrected chi connectivity index (χ3v) is 5.99. The number of hydrogen-bond donors (Lipinski definition) is 1. The van der Waals surface area contributed by atoms with E-state index in [1.54, 1.807) is 0 Å². The molecule has 4 heteroatoms. The zero-order valence-electron chi connectivity index (χ0n) is 16.0. The van der Waals surface area contributed by atoms with Gasteiger partial charge in [-0.2, -0.15) is 0 Å². The fourth-order valence-electron chi connectivity index (χ4n) is 3.93. The fourth-order valence-corrected chi connectivity index (χ4v) is 3.93. The Kier molecular flexibility index (Phi) is 6.00. The topological polar surface area (TPSA) is 35.6 Å². The van der Waals surface area contributed by atoms with Crippen molar-refractivity contribution >= 4 is 11.6 Å². The number of amides is 1. The molecule has 0 radical (unpaired) electrons. The first-order valence-corrected chi connectivity index (χ1v) is 9.86. The highest BCUT2D eigenvalue weighted by atomic mass is 16.1. The third-order valence-electron chi connectivity index (χ3n) is 5.99. The second-order valence-electron chi connectivity index (χ2n) is 8.07. The van der Waals surface area contributed by atoms with Crippen LogP contribution in [0.15, 0.2) is 24.3 Å². The molecule has 2 fully saturated rings. The molecule has 2 heterocycles. The first-order valence-electron chi connectivity index (χ1n) is 9.86. The van der Waals surface area contributed by atoms with Crippen molar-refractivity contribution in [2.45, 2.75) is 45.6 Å². The Morgan fingerprint density at radius 2 is 1.64 bits per heavy atom. The monoisotopic (exact) mass is 343 g/mol. The Bertz CT molecular complexity index is 555. The van der Waals surface area contributed by atoms with E-state index in [-0.39, 0.29) is 17.9 Å². The van der Waals surface area contributed by atoms with Gasteiger partial charge in [-0.25, -0.2) is 0 Å². The van der Waals surface area contributed by atoms with Crippen molar-refractivity contribution in [3.63, 3.8) is 0 Å². The average Bonchev–Trinajstić information content (AvgIpc) is 2.63. The van der Waals surface area contributed by atoms with Crippen LogP contribution in [0.3, 0.4) is 0 Å². The van der Waals surface area contributed by atoms with E-state index in [0.717, 1.165) is 44.9 Å². The number of nitrogens with one attached hydrogen (secondary N) is 1. The van der Waals surface area contributed by atoms with Gasteiger partial charge in [0.05, 0.1) is 6.04 Å². The number of hydrogen-bond acceptors (Lipinski definition) is 3. The Morgan fingerprint density at radius 3 is 2.24 bits per heavy atom. The lowest BCUT2D eigenvalue weighted by Crippen LogP contribution is -2.39. The lowest BCUT2D eigenvalue weighted by atomic mass is 9.95. The molecule has 1 atom stereocenters. The Labute approximate surface area is 152 Å². The van der Waals surface area contributed by atoms with Crippen molar-refractivity contribution in [3.05, 3.63) is 29.8 Å². The van der Waals surface area contributed by atoms with Crippen molar-refractivity contribution in [2.75, 3.05) is 38.1 Å². The van der Waals surface area contributed by atoms with Crippen LogP contribution < -0.4 is 10.2 Å². The minimum Gasteiger partial charge on any atom is -0.372 e. The normalized spacial score (nSPS) is 22.0. The smallest absolute Gasteiger partial charge is 0.223 e. The summed E-state index contributed by atoms with van der Waals surface area (Å²) in [5.74, 6) is 1.24. The molecule has 0 saturated carbocycles. The van der Waals surface area contributed by atoms with Gasteiger partial charge < -0.3 is 15.1 Å². The molecule has 1 aromatic rings. The number of nitrogens with zero attached hydrogens (tertiary/aromatic N) is 2. The predicted octanol–water partition coefficient (Wildman–Crippen LogP) is 3.44. The molecule has 1 N–H and O–H groups in total. The van der Waals surface area contributed by atoms with Crippen LogP contribution in [0, 0.1) is 11.8 Å². The van der Waals surface area contributed by atoms with Crippen molar-refractivity contribution in [1.29, 1.82) is 0 Å². The molecule has 0 aromatic heterocycles. The molecule has 1 unspecified atom stereocenters. The molecule has 1 aromatic carbocycles. The first kappa shape index (κ1) is 18.2. The quantitative estimate of drug-likeness (QED) is 0.910. The van der Waals surface area contributed by atoms with Gasteiger partial charge in [-0.15, -0.1) is 0 Å². The molecule has 4 nitrogen and oxygen atoms in total. The zero-order valence-corrected chi connectivity index (χ0v) is 16.0. The maximum absolute atomic E-state index is 12.5. The van der Waals surface area contributed by atoms with E-state index in [9.17, 15) is 4.79 Å². The van der Waals surface area contributed by atoms with Crippen molar-refractivity contribution < 1.29 is 4.79 Å². The number of carbonyl (C=O) groups excluding carboxylic acids is 1. The lowest BCUT2D eigenvalue weighted by molar-refractivity contribution is -0.127. The number of piperidine rings is 2. The summed E-state index contributed by atoms with van der Waals surface area (Å²) in [5, 5.41) is 3.21. The van der Waals surface area contributed by atoms with Gasteiger partial charge in [0.1, 0.15) is 0 Å². The van der Waals surface area contributed by atoms with Crippen molar-refractivity contribution in [2.24, 2.45) is 11.8 Å². The summed E-state index contributed by atoms with van der Waals surface area (Å²) < 4.78 is 0. The van der Waals surface area contributed by atoms with E-state index < -0.39 is 0 Å². The Morgan fingerprint density at radius 1 is 1.04 bits per heavy atom. The molecule has 2 saturated heterocycles. The van der Waals surface area contributed by atoms with Crippen LogP contribution in [0.25, 0.3) is 0 Å². The molecule has 138 valence electrons. The van der Waals surface area contributed by atoms with Crippen LogP contribution in [0.5, 0.6) is 0 Å². The summed E-state index contributed by atoms with van der Waals surface area (Å²) in [4.78, 5) is 17.3. The van der Waals surface area contributed by atoms with E-state index in [2.05, 4.69) is 60.3 Å². The highest BCUT2D eigenvalue weighted by molar-refractivity contribution is 5.79. The highest BCUT2D eigenvalue weighted by Gasteiger charge is 2.24. The van der Waals surface area contributed by atoms with Gasteiger partial charge in [-0.1, -0.05) is 19.1 Å². The van der Waals surface area contributed by atoms with Gasteiger partial charge in [-0.05, 0) is 76.4 Å². The van der Waals surface area contributed by atoms with Crippen LogP contribution in [-0.4, -0.2) is 44.0 Å². The predicted molar refractivity (Wildman–Crippen MR) is 104 cm³/mol. The zero-order chi connectivity index (χ0) is 17.8. The van der Waals surface area contributed by atoms with Gasteiger partial charge >= 0.3 is 0 Å². The highest BCUT2D eigenvalue weighted by Crippen LogP contribution is 2.25. The number of rotatable bonds is 4. The number of anilines is 1. The molecular formula is C21H33N3O. The van der Waals surface area contributed by atoms with E-state index in [1.807, 2.05) is 0 Å². The van der Waals surface area contributed by atoms with Crippen LogP contribution in [0.4, 0.5) is 5.69 Å². The molecule has 1 amide bonds. The van der Waals surface area contributed by atoms with E-state index in [1.165, 1.54) is 24.1 Å². The summed E-state index contributed by atoms with van der Waals surface area (Å²) in [7, 11) is 2.13. The number of likely N-dealkylation sites (tertiary alicyclic amines) is 1. The minimum atomic E-state index is 0.0718. The molecule has 25 heavy (non-hydrogen) atoms.